The van der Waals surface area contributed by atoms with Gasteiger partial charge in [-0.25, -0.2) is 9.59 Å². The molecule has 0 saturated heterocycles. The van der Waals surface area contributed by atoms with E-state index in [-0.39, 0.29) is 6.61 Å². The van der Waals surface area contributed by atoms with Crippen molar-refractivity contribution in [1.29, 1.82) is 0 Å². The third kappa shape index (κ3) is 3.69. The van der Waals surface area contributed by atoms with Crippen LogP contribution in [0.3, 0.4) is 0 Å². The molecule has 0 saturated carbocycles. The number of carbonyl (C=O) groups excluding carboxylic acids is 2. The Morgan fingerprint density at radius 3 is 2.64 bits per heavy atom. The summed E-state index contributed by atoms with van der Waals surface area (Å²) in [5.74, 6) is -0.516. The summed E-state index contributed by atoms with van der Waals surface area (Å²) in [6.45, 7) is 3.94. The van der Waals surface area contributed by atoms with Gasteiger partial charge in [0.2, 0.25) is 0 Å². The van der Waals surface area contributed by atoms with Crippen LogP contribution in [0.4, 0.5) is 0 Å². The predicted molar refractivity (Wildman–Crippen MR) is 95.8 cm³/mol. The summed E-state index contributed by atoms with van der Waals surface area (Å²) >= 11 is 0. The van der Waals surface area contributed by atoms with E-state index in [1.54, 1.807) is 25.1 Å². The third-order valence-electron chi connectivity index (χ3n) is 3.81. The van der Waals surface area contributed by atoms with Gasteiger partial charge in [-0.3, -0.25) is 0 Å². The van der Waals surface area contributed by atoms with Crippen molar-refractivity contribution in [2.45, 2.75) is 13.8 Å². The maximum atomic E-state index is 12.7. The zero-order valence-corrected chi connectivity index (χ0v) is 14.1. The van der Waals surface area contributed by atoms with Gasteiger partial charge >= 0.3 is 11.9 Å². The lowest BCUT2D eigenvalue weighted by Gasteiger charge is -2.08. The molecule has 0 amide bonds. The maximum Gasteiger partial charge on any atom is 0.344 e. The van der Waals surface area contributed by atoms with Crippen molar-refractivity contribution in [2.24, 2.45) is 0 Å². The average Bonchev–Trinajstić information content (AvgIpc) is 2.94. The minimum absolute atomic E-state index is 0.275. The number of carbonyl (C=O) groups is 2. The Morgan fingerprint density at radius 2 is 1.88 bits per heavy atom. The average molecular weight is 334 g/mol. The highest BCUT2D eigenvalue weighted by molar-refractivity contribution is 6.18. The van der Waals surface area contributed by atoms with Crippen molar-refractivity contribution in [3.8, 4) is 5.75 Å². The molecule has 4 heteroatoms. The fraction of sp³-hybridized carbons (Fsp3) is 0.143. The summed E-state index contributed by atoms with van der Waals surface area (Å²) < 4.78 is 10.5. The molecule has 1 aliphatic carbocycles. The highest BCUT2D eigenvalue weighted by Crippen LogP contribution is 2.36. The molecule has 0 N–H and O–H groups in total. The summed E-state index contributed by atoms with van der Waals surface area (Å²) in [4.78, 5) is 24.6. The highest BCUT2D eigenvalue weighted by Gasteiger charge is 2.26. The summed E-state index contributed by atoms with van der Waals surface area (Å²) in [5.41, 5.74) is 3.54. The van der Waals surface area contributed by atoms with E-state index in [9.17, 15) is 9.59 Å². The molecule has 0 atom stereocenters. The van der Waals surface area contributed by atoms with E-state index in [2.05, 4.69) is 0 Å². The van der Waals surface area contributed by atoms with Gasteiger partial charge in [0.1, 0.15) is 5.75 Å². The van der Waals surface area contributed by atoms with Crippen LogP contribution in [0, 0.1) is 6.92 Å². The lowest BCUT2D eigenvalue weighted by atomic mass is 10.0. The van der Waals surface area contributed by atoms with Gasteiger partial charge in [0.05, 0.1) is 12.2 Å². The zero-order chi connectivity index (χ0) is 17.8. The standard InChI is InChI=1S/C21H18O4/c1-3-24-20(22)13-18-17-10-5-4-8-15(17)12-19(18)21(23)25-16-9-6-7-14(2)11-16/h4-13H,3H2,1-2H3/b18-13+. The van der Waals surface area contributed by atoms with Crippen molar-refractivity contribution in [3.63, 3.8) is 0 Å². The highest BCUT2D eigenvalue weighted by atomic mass is 16.5. The summed E-state index contributed by atoms with van der Waals surface area (Å²) in [7, 11) is 0. The molecule has 25 heavy (non-hydrogen) atoms. The number of aryl methyl sites for hydroxylation is 1. The quantitative estimate of drug-likeness (QED) is 0.483. The number of ether oxygens (including phenoxy) is 2. The molecule has 0 aliphatic heterocycles. The number of hydrogen-bond acceptors (Lipinski definition) is 4. The molecule has 0 fully saturated rings. The monoisotopic (exact) mass is 334 g/mol. The van der Waals surface area contributed by atoms with Crippen LogP contribution in [0.15, 0.2) is 60.2 Å². The number of benzene rings is 2. The third-order valence-corrected chi connectivity index (χ3v) is 3.81. The first-order valence-electron chi connectivity index (χ1n) is 8.07. The van der Waals surface area contributed by atoms with Gasteiger partial charge in [-0.05, 0) is 48.7 Å². The minimum Gasteiger partial charge on any atom is -0.463 e. The van der Waals surface area contributed by atoms with Gasteiger partial charge in [0.15, 0.2) is 0 Å². The molecule has 3 rings (SSSR count). The fourth-order valence-electron chi connectivity index (χ4n) is 2.71. The van der Waals surface area contributed by atoms with Crippen LogP contribution in [0.25, 0.3) is 11.6 Å². The molecular weight excluding hydrogens is 316 g/mol. The van der Waals surface area contributed by atoms with Crippen molar-refractivity contribution >= 4 is 23.6 Å². The second-order valence-electron chi connectivity index (χ2n) is 5.66. The zero-order valence-electron chi connectivity index (χ0n) is 14.1. The number of fused-ring (bicyclic) bond motifs is 1. The molecule has 0 radical (unpaired) electrons. The van der Waals surface area contributed by atoms with Gasteiger partial charge in [-0.15, -0.1) is 0 Å². The Labute approximate surface area is 146 Å². The normalized spacial score (nSPS) is 14.0. The van der Waals surface area contributed by atoms with Crippen molar-refractivity contribution in [1.82, 2.24) is 0 Å². The van der Waals surface area contributed by atoms with Gasteiger partial charge in [-0.2, -0.15) is 0 Å². The smallest absolute Gasteiger partial charge is 0.344 e. The summed E-state index contributed by atoms with van der Waals surface area (Å²) in [5, 5.41) is 0. The summed E-state index contributed by atoms with van der Waals surface area (Å²) in [6, 6.07) is 14.8. The summed E-state index contributed by atoms with van der Waals surface area (Å²) in [6.07, 6.45) is 3.08. The van der Waals surface area contributed by atoms with Crippen LogP contribution in [0.5, 0.6) is 5.75 Å². The molecule has 0 spiro atoms. The van der Waals surface area contributed by atoms with E-state index in [1.807, 2.05) is 43.3 Å². The predicted octanol–water partition coefficient (Wildman–Crippen LogP) is 3.94. The molecule has 126 valence electrons. The molecule has 1 aliphatic rings. The van der Waals surface area contributed by atoms with Crippen molar-refractivity contribution in [2.75, 3.05) is 6.61 Å². The molecule has 0 bridgehead atoms. The molecule has 0 heterocycles. The van der Waals surface area contributed by atoms with Crippen LogP contribution < -0.4 is 4.74 Å². The van der Waals surface area contributed by atoms with Gasteiger partial charge < -0.3 is 9.47 Å². The van der Waals surface area contributed by atoms with Crippen LogP contribution in [0.2, 0.25) is 0 Å². The largest absolute Gasteiger partial charge is 0.463 e. The van der Waals surface area contributed by atoms with E-state index in [0.29, 0.717) is 16.9 Å². The van der Waals surface area contributed by atoms with Gasteiger partial charge in [-0.1, -0.05) is 36.4 Å². The maximum absolute atomic E-state index is 12.7. The molecule has 0 unspecified atom stereocenters. The Bertz CT molecular complexity index is 890. The first kappa shape index (κ1) is 16.7. The van der Waals surface area contributed by atoms with Crippen LogP contribution >= 0.6 is 0 Å². The van der Waals surface area contributed by atoms with E-state index in [4.69, 9.17) is 9.47 Å². The van der Waals surface area contributed by atoms with Crippen molar-refractivity contribution < 1.29 is 19.1 Å². The van der Waals surface area contributed by atoms with E-state index < -0.39 is 11.9 Å². The first-order chi connectivity index (χ1) is 12.1. The second kappa shape index (κ2) is 7.18. The second-order valence-corrected chi connectivity index (χ2v) is 5.66. The molecule has 0 aromatic heterocycles. The molecule has 2 aromatic rings. The molecule has 4 nitrogen and oxygen atoms in total. The number of hydrogen-bond donors (Lipinski definition) is 0. The fourth-order valence-corrected chi connectivity index (χ4v) is 2.71. The Morgan fingerprint density at radius 1 is 1.08 bits per heavy atom. The number of rotatable bonds is 4. The van der Waals surface area contributed by atoms with Gasteiger partial charge in [0.25, 0.3) is 0 Å². The molecular formula is C21H18O4. The lowest BCUT2D eigenvalue weighted by molar-refractivity contribution is -0.137. The van der Waals surface area contributed by atoms with Gasteiger partial charge in [0, 0.05) is 11.6 Å². The lowest BCUT2D eigenvalue weighted by Crippen LogP contribution is -2.12. The van der Waals surface area contributed by atoms with Crippen molar-refractivity contribution in [3.05, 3.63) is 76.9 Å². The first-order valence-corrected chi connectivity index (χ1v) is 8.07. The van der Waals surface area contributed by atoms with Crippen LogP contribution in [-0.4, -0.2) is 18.5 Å². The SMILES string of the molecule is CCOC(=O)/C=C1/C(C(=O)Oc2cccc(C)c2)=Cc2ccccc21. The van der Waals surface area contributed by atoms with Crippen LogP contribution in [0.1, 0.15) is 23.6 Å². The van der Waals surface area contributed by atoms with E-state index in [0.717, 1.165) is 16.7 Å². The Hall–Kier alpha value is -3.14. The van der Waals surface area contributed by atoms with E-state index >= 15 is 0 Å². The van der Waals surface area contributed by atoms with Crippen LogP contribution in [-0.2, 0) is 14.3 Å². The minimum atomic E-state index is -0.502. The Kier molecular flexibility index (Phi) is 4.80. The topological polar surface area (TPSA) is 52.6 Å². The Balaban J connectivity index is 1.93. The molecule has 2 aromatic carbocycles. The van der Waals surface area contributed by atoms with E-state index in [1.165, 1.54) is 6.08 Å². The number of esters is 2.